The molecule has 1 aliphatic rings. The molecule has 1 saturated carbocycles. The summed E-state index contributed by atoms with van der Waals surface area (Å²) in [6, 6.07) is 14.0. The number of fused-ring (bicyclic) bond motifs is 3. The van der Waals surface area contributed by atoms with E-state index in [2.05, 4.69) is 11.1 Å². The Hall–Kier alpha value is -3.45. The third kappa shape index (κ3) is 3.04. The molecule has 6 rings (SSSR count). The molecule has 0 N–H and O–H groups in total. The molecule has 0 spiro atoms. The van der Waals surface area contributed by atoms with Crippen molar-refractivity contribution in [3.63, 3.8) is 0 Å². The molecule has 5 aromatic rings. The summed E-state index contributed by atoms with van der Waals surface area (Å²) < 4.78 is 13.7. The first kappa shape index (κ1) is 18.3. The number of oxazole rings is 1. The SMILES string of the molecule is COc1ccc(-c2nc3sc4ccccc4c3c(=O)n2Cc2cnco2)c(C2CC2)c1. The molecule has 3 heterocycles. The zero-order chi connectivity index (χ0) is 20.9. The van der Waals surface area contributed by atoms with Crippen LogP contribution in [0.3, 0.4) is 0 Å². The van der Waals surface area contributed by atoms with Crippen LogP contribution >= 0.6 is 11.3 Å². The Bertz CT molecular complexity index is 1480. The van der Waals surface area contributed by atoms with Crippen LogP contribution in [0.5, 0.6) is 5.75 Å². The summed E-state index contributed by atoms with van der Waals surface area (Å²) in [5, 5.41) is 1.60. The molecular formula is C24H19N3O3S. The predicted molar refractivity (Wildman–Crippen MR) is 121 cm³/mol. The van der Waals surface area contributed by atoms with Gasteiger partial charge >= 0.3 is 0 Å². The first-order valence-electron chi connectivity index (χ1n) is 10.2. The van der Waals surface area contributed by atoms with Crippen molar-refractivity contribution in [1.82, 2.24) is 14.5 Å². The molecule has 3 aromatic heterocycles. The van der Waals surface area contributed by atoms with Gasteiger partial charge in [-0.1, -0.05) is 18.2 Å². The lowest BCUT2D eigenvalue weighted by atomic mass is 10.0. The molecule has 0 atom stereocenters. The van der Waals surface area contributed by atoms with Crippen LogP contribution in [0.2, 0.25) is 0 Å². The number of benzene rings is 2. The Kier molecular flexibility index (Phi) is 4.17. The molecule has 31 heavy (non-hydrogen) atoms. The summed E-state index contributed by atoms with van der Waals surface area (Å²) in [6.45, 7) is 0.275. The van der Waals surface area contributed by atoms with E-state index in [4.69, 9.17) is 14.1 Å². The summed E-state index contributed by atoms with van der Waals surface area (Å²) in [4.78, 5) is 23.6. The van der Waals surface area contributed by atoms with Crippen LogP contribution in [0.25, 0.3) is 31.7 Å². The zero-order valence-corrected chi connectivity index (χ0v) is 17.7. The minimum absolute atomic E-state index is 0.0635. The van der Waals surface area contributed by atoms with Crippen LogP contribution in [-0.2, 0) is 6.54 Å². The Morgan fingerprint density at radius 1 is 1.23 bits per heavy atom. The van der Waals surface area contributed by atoms with Gasteiger partial charge in [0.25, 0.3) is 5.56 Å². The van der Waals surface area contributed by atoms with E-state index in [1.165, 1.54) is 12.0 Å². The van der Waals surface area contributed by atoms with Gasteiger partial charge in [0.05, 0.1) is 25.2 Å². The fourth-order valence-electron chi connectivity index (χ4n) is 4.14. The maximum Gasteiger partial charge on any atom is 0.263 e. The van der Waals surface area contributed by atoms with Crippen LogP contribution in [0, 0.1) is 0 Å². The zero-order valence-electron chi connectivity index (χ0n) is 16.9. The van der Waals surface area contributed by atoms with Gasteiger partial charge in [0.15, 0.2) is 6.39 Å². The van der Waals surface area contributed by atoms with Gasteiger partial charge in [-0.15, -0.1) is 11.3 Å². The summed E-state index contributed by atoms with van der Waals surface area (Å²) in [5.74, 6) is 2.56. The maximum atomic E-state index is 13.8. The molecule has 0 bridgehead atoms. The van der Waals surface area contributed by atoms with Crippen molar-refractivity contribution in [2.24, 2.45) is 0 Å². The molecule has 0 radical (unpaired) electrons. The highest BCUT2D eigenvalue weighted by Gasteiger charge is 2.29. The van der Waals surface area contributed by atoms with Gasteiger partial charge in [-0.2, -0.15) is 0 Å². The van der Waals surface area contributed by atoms with Gasteiger partial charge in [0.1, 0.15) is 22.2 Å². The second-order valence-corrected chi connectivity index (χ2v) is 8.83. The van der Waals surface area contributed by atoms with Gasteiger partial charge in [-0.3, -0.25) is 9.36 Å². The minimum atomic E-state index is -0.0635. The fraction of sp³-hybridized carbons (Fsp3) is 0.208. The largest absolute Gasteiger partial charge is 0.497 e. The quantitative estimate of drug-likeness (QED) is 0.384. The van der Waals surface area contributed by atoms with Crippen molar-refractivity contribution in [2.75, 3.05) is 7.11 Å². The molecule has 1 fully saturated rings. The molecule has 0 aliphatic heterocycles. The molecule has 7 heteroatoms. The molecule has 6 nitrogen and oxygen atoms in total. The third-order valence-corrected chi connectivity index (χ3v) is 6.88. The number of rotatable bonds is 5. The maximum absolute atomic E-state index is 13.8. The number of hydrogen-bond donors (Lipinski definition) is 0. The number of nitrogens with zero attached hydrogens (tertiary/aromatic N) is 3. The number of thiophene rings is 1. The highest BCUT2D eigenvalue weighted by atomic mass is 32.1. The number of methoxy groups -OCH3 is 1. The molecular weight excluding hydrogens is 410 g/mol. The molecule has 1 aliphatic carbocycles. The van der Waals surface area contributed by atoms with Gasteiger partial charge in [-0.05, 0) is 48.6 Å². The lowest BCUT2D eigenvalue weighted by Crippen LogP contribution is -2.24. The van der Waals surface area contributed by atoms with E-state index in [-0.39, 0.29) is 12.1 Å². The van der Waals surface area contributed by atoms with Crippen LogP contribution in [-0.4, -0.2) is 21.6 Å². The predicted octanol–water partition coefficient (Wildman–Crippen LogP) is 5.20. The number of aromatic nitrogens is 3. The second kappa shape index (κ2) is 7.06. The first-order chi connectivity index (χ1) is 15.2. The van der Waals surface area contributed by atoms with Crippen molar-refractivity contribution < 1.29 is 9.15 Å². The number of ether oxygens (including phenoxy) is 1. The average Bonchev–Trinajstić information content (AvgIpc) is 3.38. The minimum Gasteiger partial charge on any atom is -0.497 e. The second-order valence-electron chi connectivity index (χ2n) is 7.80. The molecule has 0 amide bonds. The van der Waals surface area contributed by atoms with Crippen molar-refractivity contribution in [3.05, 3.63) is 76.7 Å². The first-order valence-corrected chi connectivity index (χ1v) is 11.0. The third-order valence-electron chi connectivity index (χ3n) is 5.81. The van der Waals surface area contributed by atoms with Crippen molar-refractivity contribution in [1.29, 1.82) is 0 Å². The van der Waals surface area contributed by atoms with E-state index in [1.807, 2.05) is 36.4 Å². The average molecular weight is 430 g/mol. The molecule has 0 saturated heterocycles. The van der Waals surface area contributed by atoms with Crippen LogP contribution < -0.4 is 10.3 Å². The van der Waals surface area contributed by atoms with E-state index < -0.39 is 0 Å². The van der Waals surface area contributed by atoms with Gasteiger partial charge in [-0.25, -0.2) is 9.97 Å². The Morgan fingerprint density at radius 2 is 2.10 bits per heavy atom. The van der Waals surface area contributed by atoms with E-state index in [0.29, 0.717) is 22.9 Å². The van der Waals surface area contributed by atoms with Gasteiger partial charge in [0.2, 0.25) is 0 Å². The van der Waals surface area contributed by atoms with Crippen molar-refractivity contribution >= 4 is 31.6 Å². The highest BCUT2D eigenvalue weighted by molar-refractivity contribution is 7.25. The summed E-state index contributed by atoms with van der Waals surface area (Å²) in [7, 11) is 1.67. The lowest BCUT2D eigenvalue weighted by Gasteiger charge is -2.15. The highest BCUT2D eigenvalue weighted by Crippen LogP contribution is 2.45. The Labute approximate surface area is 181 Å². The topological polar surface area (TPSA) is 70.2 Å². The summed E-state index contributed by atoms with van der Waals surface area (Å²) in [5.41, 5.74) is 2.09. The number of hydrogen-bond acceptors (Lipinski definition) is 6. The standard InChI is InChI=1S/C24H19N3O3S/c1-29-15-8-9-17(19(10-15)14-6-7-14)22-26-23-21(18-4-2-3-5-20(18)31-23)24(28)27(22)12-16-11-25-13-30-16/h2-5,8-11,13-14H,6-7,12H2,1H3. The monoisotopic (exact) mass is 429 g/mol. The lowest BCUT2D eigenvalue weighted by molar-refractivity contribution is 0.414. The normalized spacial score (nSPS) is 13.8. The summed E-state index contributed by atoms with van der Waals surface area (Å²) in [6.07, 6.45) is 5.30. The van der Waals surface area contributed by atoms with Gasteiger partial charge < -0.3 is 9.15 Å². The molecule has 2 aromatic carbocycles. The van der Waals surface area contributed by atoms with Crippen LogP contribution in [0.15, 0.2) is 64.3 Å². The Morgan fingerprint density at radius 3 is 2.87 bits per heavy atom. The van der Waals surface area contributed by atoms with E-state index in [0.717, 1.165) is 39.1 Å². The van der Waals surface area contributed by atoms with Crippen LogP contribution in [0.1, 0.15) is 30.1 Å². The van der Waals surface area contributed by atoms with Crippen LogP contribution in [0.4, 0.5) is 0 Å². The van der Waals surface area contributed by atoms with Crippen molar-refractivity contribution in [3.8, 4) is 17.1 Å². The fourth-order valence-corrected chi connectivity index (χ4v) is 5.20. The van der Waals surface area contributed by atoms with Crippen molar-refractivity contribution in [2.45, 2.75) is 25.3 Å². The van der Waals surface area contributed by atoms with E-state index in [9.17, 15) is 4.79 Å². The van der Waals surface area contributed by atoms with Gasteiger partial charge in [0, 0.05) is 15.6 Å². The molecule has 0 unspecified atom stereocenters. The molecule has 154 valence electrons. The Balaban J connectivity index is 1.67. The van der Waals surface area contributed by atoms with E-state index in [1.54, 1.807) is 29.2 Å². The smallest absolute Gasteiger partial charge is 0.263 e. The summed E-state index contributed by atoms with van der Waals surface area (Å²) >= 11 is 1.55. The van der Waals surface area contributed by atoms with E-state index >= 15 is 0 Å².